The number of carboxylic acids is 4. The Bertz CT molecular complexity index is 3370. The van der Waals surface area contributed by atoms with Gasteiger partial charge in [-0.05, 0) is 185 Å². The largest absolute Gasteiger partial charge is 0.481 e. The zero-order valence-electron chi connectivity index (χ0n) is 64.3. The second-order valence-corrected chi connectivity index (χ2v) is 24.0. The molecule has 0 saturated heterocycles. The number of carboxylic acid groups (broad SMARTS) is 4. The first-order valence-corrected chi connectivity index (χ1v) is 35.8. The van der Waals surface area contributed by atoms with E-state index < -0.39 is 47.6 Å². The molecule has 12 amide bonds. The van der Waals surface area contributed by atoms with Crippen LogP contribution in [0.5, 0.6) is 0 Å². The quantitative estimate of drug-likeness (QED) is 0.0166. The molecule has 4 rings (SSSR count). The van der Waals surface area contributed by atoms with Crippen LogP contribution in [0.4, 0.5) is 36.7 Å². The third-order valence-corrected chi connectivity index (χ3v) is 14.3. The van der Waals surface area contributed by atoms with Crippen LogP contribution in [0, 0.1) is 23.7 Å². The van der Waals surface area contributed by atoms with Gasteiger partial charge in [0.2, 0.25) is 17.8 Å². The summed E-state index contributed by atoms with van der Waals surface area (Å²) in [4.78, 5) is 207. The molecule has 0 fully saturated rings. The second-order valence-electron chi connectivity index (χ2n) is 24.0. The molecule has 0 saturated carbocycles. The number of nitrogens with one attached hydrogen (secondary N) is 12. The molecule has 4 aromatic rings. The van der Waals surface area contributed by atoms with Gasteiger partial charge in [-0.1, -0.05) is 0 Å². The number of unbranched alkanes of at least 4 members (excludes halogenated alkanes) is 8. The Morgan fingerprint density at radius 2 is 0.612 bits per heavy atom. The fourth-order valence-corrected chi connectivity index (χ4v) is 8.56. The molecule has 0 spiro atoms. The van der Waals surface area contributed by atoms with Crippen LogP contribution in [0.2, 0.25) is 0 Å². The highest BCUT2D eigenvalue weighted by atomic mass is 18.2. The molecule has 0 bridgehead atoms. The van der Waals surface area contributed by atoms with Crippen molar-refractivity contribution in [1.29, 1.82) is 0 Å². The van der Waals surface area contributed by atoms with Crippen LogP contribution in [-0.4, -0.2) is 213 Å². The maximum Gasteiger partial charge on any atom is 0.373 e. The SMILES string of the molecule is C[C@H](CCC(=O)O)NC(=O)NCCCCCNC(=O)c1ccc([18F])cc1.C[C@H](CCC(=O)O)NC(=O)NCCCCCNC(=O)c1ccc([18F])nc1.C[C@H](CCC(=O)O)NC(=O)NCCCCCNC(=O)c1ccc([18F])nn1.C[C@H](CCC(=O)O)NC(=O)NCCCCCNC(=O)c1ccnc([18F])c1.O=C=O.O=C=O.O=C=O.O=C=O. The smallest absolute Gasteiger partial charge is 0.373 e. The summed E-state index contributed by atoms with van der Waals surface area (Å²) in [6.07, 6.45) is 14.2. The highest BCUT2D eigenvalue weighted by Crippen LogP contribution is 2.07. The van der Waals surface area contributed by atoms with Crippen LogP contribution in [0.25, 0.3) is 0 Å². The van der Waals surface area contributed by atoms with Gasteiger partial charge in [0.25, 0.3) is 23.6 Å². The van der Waals surface area contributed by atoms with Gasteiger partial charge in [0.1, 0.15) is 5.82 Å². The minimum atomic E-state index is -0.891. The number of pyridine rings is 2. The average Bonchev–Trinajstić information content (AvgIpc) is 0.914. The molecule has 116 heavy (non-hydrogen) atoms. The summed E-state index contributed by atoms with van der Waals surface area (Å²) in [6, 6.07) is 10.6. The van der Waals surface area contributed by atoms with E-state index in [-0.39, 0.29) is 133 Å². The monoisotopic (exact) mass is 1640 g/mol. The van der Waals surface area contributed by atoms with Gasteiger partial charge in [0, 0.05) is 132 Å². The maximum absolute atomic E-state index is 12.9. The highest BCUT2D eigenvalue weighted by Gasteiger charge is 2.15. The van der Waals surface area contributed by atoms with Crippen molar-refractivity contribution in [3.8, 4) is 0 Å². The van der Waals surface area contributed by atoms with Gasteiger partial charge in [-0.3, -0.25) is 38.4 Å². The van der Waals surface area contributed by atoms with Gasteiger partial charge in [-0.15, -0.1) is 10.2 Å². The van der Waals surface area contributed by atoms with Crippen LogP contribution in [-0.2, 0) is 57.5 Å². The van der Waals surface area contributed by atoms with E-state index in [1.807, 2.05) is 0 Å². The van der Waals surface area contributed by atoms with E-state index in [1.165, 1.54) is 54.9 Å². The summed E-state index contributed by atoms with van der Waals surface area (Å²) >= 11 is 0. The number of carbonyl (C=O) groups is 12. The number of amides is 12. The standard InChI is InChI=1S/C18H26FN3O4.2C17H25FN4O4.C16H24FN5O4.4CO2/c1-13(5-10-16(23)24)22-18(26)21-12-4-2-3-11-20-17(25)14-6-8-15(19)9-7-14;1-12(5-8-15(23)24)22-17(26)20-10-4-2-3-9-19-16(25)13-6-7-14(18)21-11-13;1-12(5-6-15(23)24)22-17(26)21-9-4-2-3-8-20-16(25)13-7-10-19-14(18)11-13;1-11(5-8-14(23)24)20-16(26)19-10-4-2-3-9-18-15(25)12-6-7-13(17)22-21-12;4*2-1-3/h6-9,13H,2-5,10-12H2,1H3,(H,20,25)(H,23,24)(H2,21,22,26);6-7,11-12H,2-5,8-10H2,1H3,(H,19,25)(H,23,24)(H2,20,22,26);7,10-12H,2-6,8-9H2,1H3,(H,20,25)(H,23,24)(H2,21,22,26);6-7,11H,2-5,8-10H2,1H3,(H,18,25)(H,23,24)(H2,19,20,26);;;;/t13-;2*12-;11-;;;;/m1111..../s1/i19-1;2*18-1;17-1;;;;. The molecule has 44 heteroatoms. The molecule has 0 unspecified atom stereocenters. The number of rotatable bonds is 44. The van der Waals surface area contributed by atoms with E-state index in [4.69, 9.17) is 58.8 Å². The minimum absolute atomic E-state index is 0.0106. The van der Waals surface area contributed by atoms with Crippen molar-refractivity contribution in [2.24, 2.45) is 0 Å². The summed E-state index contributed by atoms with van der Waals surface area (Å²) in [5.41, 5.74) is 1.01. The topological polar surface area (TPSA) is 618 Å². The normalized spacial score (nSPS) is 10.6. The summed E-state index contributed by atoms with van der Waals surface area (Å²) < 4.78 is 51.0. The van der Waals surface area contributed by atoms with E-state index in [9.17, 15) is 75.1 Å². The molecule has 40 nitrogen and oxygen atoms in total. The number of carbonyl (C=O) groups excluding carboxylic acids is 16. The molecule has 640 valence electrons. The lowest BCUT2D eigenvalue weighted by Crippen LogP contribution is -2.41. The van der Waals surface area contributed by atoms with E-state index in [1.54, 1.807) is 27.7 Å². The molecule has 1 aromatic carbocycles. The molecule has 16 N–H and O–H groups in total. The molecule has 0 aliphatic heterocycles. The Balaban J connectivity index is -0.000000687. The average molecular weight is 1650 g/mol. The van der Waals surface area contributed by atoms with Crippen molar-refractivity contribution in [1.82, 2.24) is 84.0 Å². The number of benzene rings is 1. The van der Waals surface area contributed by atoms with Crippen molar-refractivity contribution in [3.63, 3.8) is 0 Å². The third kappa shape index (κ3) is 71.0. The van der Waals surface area contributed by atoms with Crippen LogP contribution in [0.3, 0.4) is 0 Å². The molecule has 3 aromatic heterocycles. The Morgan fingerprint density at radius 3 is 0.897 bits per heavy atom. The van der Waals surface area contributed by atoms with E-state index >= 15 is 0 Å². The Hall–Kier alpha value is -13.3. The summed E-state index contributed by atoms with van der Waals surface area (Å²) in [5.74, 6) is -7.30. The Morgan fingerprint density at radius 1 is 0.328 bits per heavy atom. The van der Waals surface area contributed by atoms with Gasteiger partial charge in [-0.2, -0.15) is 51.5 Å². The molecule has 0 aliphatic rings. The zero-order valence-corrected chi connectivity index (χ0v) is 64.3. The number of aromatic nitrogens is 4. The Labute approximate surface area is 663 Å². The minimum Gasteiger partial charge on any atom is -0.481 e. The predicted molar refractivity (Wildman–Crippen MR) is 393 cm³/mol. The highest BCUT2D eigenvalue weighted by molar-refractivity contribution is 5.95. The van der Waals surface area contributed by atoms with Crippen molar-refractivity contribution < 1.29 is 134 Å². The second kappa shape index (κ2) is 73.2. The van der Waals surface area contributed by atoms with Crippen LogP contribution in [0.15, 0.2) is 73.1 Å². The number of nitrogens with zero attached hydrogens (tertiary/aromatic N) is 4. The number of urea groups is 4. The van der Waals surface area contributed by atoms with Crippen molar-refractivity contribution >= 4 is 96.2 Å². The lowest BCUT2D eigenvalue weighted by atomic mass is 10.2. The third-order valence-electron chi connectivity index (χ3n) is 14.3. The summed E-state index contributed by atoms with van der Waals surface area (Å²) in [5, 5.41) is 73.2. The van der Waals surface area contributed by atoms with Gasteiger partial charge >= 0.3 is 72.6 Å². The van der Waals surface area contributed by atoms with E-state index in [0.29, 0.717) is 89.2 Å². The van der Waals surface area contributed by atoms with Crippen LogP contribution < -0.4 is 63.8 Å². The van der Waals surface area contributed by atoms with E-state index in [0.717, 1.165) is 95.2 Å². The van der Waals surface area contributed by atoms with Gasteiger partial charge in [0.05, 0.1) is 5.56 Å². The van der Waals surface area contributed by atoms with Crippen LogP contribution in [0.1, 0.15) is 198 Å². The first-order valence-electron chi connectivity index (χ1n) is 35.8. The first kappa shape index (κ1) is 109. The Kier molecular flexibility index (Phi) is 68.8. The molecule has 0 radical (unpaired) electrons. The molecule has 0 aliphatic carbocycles. The molecule has 4 atom stereocenters. The zero-order chi connectivity index (χ0) is 88.3. The lowest BCUT2D eigenvalue weighted by Gasteiger charge is -2.13. The number of halogens is 4. The number of hydrogen-bond acceptors (Lipinski definition) is 24. The van der Waals surface area contributed by atoms with Crippen molar-refractivity contribution in [3.05, 3.63) is 119 Å². The molecular formula is C72H100F4N16O24. The van der Waals surface area contributed by atoms with Crippen molar-refractivity contribution in [2.45, 2.75) is 180 Å². The van der Waals surface area contributed by atoms with Gasteiger partial charge < -0.3 is 84.2 Å². The van der Waals surface area contributed by atoms with Crippen molar-refractivity contribution in [2.75, 3.05) is 52.4 Å². The maximum atomic E-state index is 12.9. The number of aliphatic carboxylic acids is 4. The summed E-state index contributed by atoms with van der Waals surface area (Å²) in [6.45, 7) is 10.9. The first-order chi connectivity index (χ1) is 55.2. The molecule has 3 heterocycles. The summed E-state index contributed by atoms with van der Waals surface area (Å²) in [7, 11) is 0. The van der Waals surface area contributed by atoms with Gasteiger partial charge in [0.15, 0.2) is 5.69 Å². The lowest BCUT2D eigenvalue weighted by molar-refractivity contribution is -0.193. The molecular weight excluding hydrogens is 1540 g/mol. The number of hydrogen-bond donors (Lipinski definition) is 16. The van der Waals surface area contributed by atoms with Crippen LogP contribution >= 0.6 is 0 Å². The fraction of sp³-hybridized carbons (Fsp3) is 0.500. The van der Waals surface area contributed by atoms with E-state index in [2.05, 4.69) is 84.0 Å². The fourth-order valence-electron chi connectivity index (χ4n) is 8.56. The van der Waals surface area contributed by atoms with Gasteiger partial charge in [-0.25, -0.2) is 33.5 Å². The predicted octanol–water partition coefficient (Wildman–Crippen LogP) is 4.36.